The number of esters is 2. The Labute approximate surface area is 167 Å². The highest BCUT2D eigenvalue weighted by Gasteiger charge is 2.29. The van der Waals surface area contributed by atoms with Crippen LogP contribution >= 0.6 is 11.3 Å². The van der Waals surface area contributed by atoms with Gasteiger partial charge in [-0.05, 0) is 58.4 Å². The topological polar surface area (TPSA) is 94.8 Å². The molecule has 0 aliphatic rings. The first-order valence-corrected chi connectivity index (χ1v) is 9.50. The Morgan fingerprint density at radius 2 is 1.96 bits per heavy atom. The minimum atomic E-state index is -0.688. The van der Waals surface area contributed by atoms with Gasteiger partial charge < -0.3 is 19.2 Å². The van der Waals surface area contributed by atoms with Crippen LogP contribution in [0.1, 0.15) is 59.0 Å². The highest BCUT2D eigenvalue weighted by atomic mass is 32.1. The van der Waals surface area contributed by atoms with Crippen LogP contribution in [0.25, 0.3) is 6.08 Å². The second-order valence-corrected chi connectivity index (χ2v) is 7.84. The Balaban J connectivity index is 2.32. The molecule has 8 heteroatoms. The molecule has 2 aromatic heterocycles. The number of ether oxygens (including phenoxy) is 2. The zero-order valence-corrected chi connectivity index (χ0v) is 17.3. The molecule has 0 atom stereocenters. The smallest absolute Gasteiger partial charge is 0.349 e. The van der Waals surface area contributed by atoms with Crippen molar-refractivity contribution in [2.45, 2.75) is 40.2 Å². The molecule has 0 bridgehead atoms. The number of nitrogens with one attached hydrogen (secondary N) is 1. The fourth-order valence-corrected chi connectivity index (χ4v) is 3.34. The second kappa shape index (κ2) is 8.88. The van der Waals surface area contributed by atoms with Crippen LogP contribution in [0.2, 0.25) is 0 Å². The Hall–Kier alpha value is -2.87. The zero-order chi connectivity index (χ0) is 20.9. The fraction of sp³-hybridized carbons (Fsp3) is 0.350. The van der Waals surface area contributed by atoms with E-state index in [1.165, 1.54) is 18.4 Å². The molecule has 7 nitrogen and oxygen atoms in total. The van der Waals surface area contributed by atoms with Crippen molar-refractivity contribution in [2.24, 2.45) is 0 Å². The van der Waals surface area contributed by atoms with Gasteiger partial charge in [-0.2, -0.15) is 0 Å². The summed E-state index contributed by atoms with van der Waals surface area (Å²) in [5.74, 6) is -1.14. The first-order valence-electron chi connectivity index (χ1n) is 8.68. The van der Waals surface area contributed by atoms with Crippen molar-refractivity contribution in [2.75, 3.05) is 11.9 Å². The molecule has 0 aliphatic heterocycles. The molecule has 2 aromatic rings. The summed E-state index contributed by atoms with van der Waals surface area (Å²) in [5, 5.41) is 2.86. The number of hydrogen-bond acceptors (Lipinski definition) is 7. The van der Waals surface area contributed by atoms with Crippen molar-refractivity contribution >= 4 is 40.3 Å². The molecule has 0 fully saturated rings. The minimum absolute atomic E-state index is 0.146. The number of anilines is 1. The highest BCUT2D eigenvalue weighted by molar-refractivity contribution is 7.18. The van der Waals surface area contributed by atoms with Gasteiger partial charge in [0.1, 0.15) is 21.2 Å². The third-order valence-electron chi connectivity index (χ3n) is 3.39. The quantitative estimate of drug-likeness (QED) is 0.564. The van der Waals surface area contributed by atoms with E-state index >= 15 is 0 Å². The normalized spacial score (nSPS) is 11.5. The first kappa shape index (κ1) is 21.4. The third kappa shape index (κ3) is 5.56. The van der Waals surface area contributed by atoms with Gasteiger partial charge in [0, 0.05) is 6.08 Å². The number of carbonyl (C=O) groups is 3. The lowest BCUT2D eigenvalue weighted by molar-refractivity contribution is -0.111. The van der Waals surface area contributed by atoms with E-state index in [1.54, 1.807) is 46.8 Å². The maximum absolute atomic E-state index is 12.5. The van der Waals surface area contributed by atoms with Crippen molar-refractivity contribution in [1.82, 2.24) is 0 Å². The standard InChI is InChI=1S/C20H23NO6S/c1-6-25-18(23)15-12(2)16(19(24)27-20(3,4)5)28-17(15)21-14(22)10-9-13-8-7-11-26-13/h7-11H,6H2,1-5H3,(H,21,22). The second-order valence-electron chi connectivity index (χ2n) is 6.82. The maximum Gasteiger partial charge on any atom is 0.349 e. The van der Waals surface area contributed by atoms with E-state index in [1.807, 2.05) is 0 Å². The molecule has 0 radical (unpaired) electrons. The lowest BCUT2D eigenvalue weighted by Gasteiger charge is -2.19. The van der Waals surface area contributed by atoms with Crippen LogP contribution < -0.4 is 5.32 Å². The van der Waals surface area contributed by atoms with Crippen LogP contribution in [0, 0.1) is 6.92 Å². The van der Waals surface area contributed by atoms with Gasteiger partial charge in [0.2, 0.25) is 5.91 Å². The van der Waals surface area contributed by atoms with E-state index in [0.717, 1.165) is 11.3 Å². The average molecular weight is 405 g/mol. The monoisotopic (exact) mass is 405 g/mol. The van der Waals surface area contributed by atoms with Gasteiger partial charge >= 0.3 is 11.9 Å². The van der Waals surface area contributed by atoms with Crippen LogP contribution in [0.4, 0.5) is 5.00 Å². The van der Waals surface area contributed by atoms with Gasteiger partial charge in [0.15, 0.2) is 0 Å². The number of carbonyl (C=O) groups excluding carboxylic acids is 3. The molecule has 0 saturated carbocycles. The molecule has 0 unspecified atom stereocenters. The summed E-state index contributed by atoms with van der Waals surface area (Å²) in [4.78, 5) is 37.4. The molecule has 0 aliphatic carbocycles. The van der Waals surface area contributed by atoms with E-state index < -0.39 is 23.4 Å². The molecule has 1 amide bonds. The molecular formula is C20H23NO6S. The summed E-state index contributed by atoms with van der Waals surface area (Å²) in [7, 11) is 0. The van der Waals surface area contributed by atoms with E-state index in [2.05, 4.69) is 5.32 Å². The number of hydrogen-bond donors (Lipinski definition) is 1. The summed E-state index contributed by atoms with van der Waals surface area (Å²) in [6.45, 7) is 8.73. The van der Waals surface area contributed by atoms with Gasteiger partial charge in [-0.1, -0.05) is 0 Å². The Morgan fingerprint density at radius 1 is 1.25 bits per heavy atom. The van der Waals surface area contributed by atoms with Gasteiger partial charge in [-0.3, -0.25) is 4.79 Å². The molecule has 0 aromatic carbocycles. The summed E-state index contributed by atoms with van der Waals surface area (Å²) < 4.78 is 15.6. The Kier molecular flexibility index (Phi) is 6.80. The molecule has 1 N–H and O–H groups in total. The van der Waals surface area contributed by atoms with Gasteiger partial charge in [0.05, 0.1) is 18.4 Å². The van der Waals surface area contributed by atoms with Crippen molar-refractivity contribution in [1.29, 1.82) is 0 Å². The zero-order valence-electron chi connectivity index (χ0n) is 16.5. The number of rotatable bonds is 6. The predicted octanol–water partition coefficient (Wildman–Crippen LogP) is 4.43. The van der Waals surface area contributed by atoms with Crippen molar-refractivity contribution in [3.05, 3.63) is 46.2 Å². The Morgan fingerprint density at radius 3 is 2.54 bits per heavy atom. The maximum atomic E-state index is 12.5. The molecule has 0 saturated heterocycles. The molecular weight excluding hydrogens is 382 g/mol. The summed E-state index contributed by atoms with van der Waals surface area (Å²) >= 11 is 0.976. The van der Waals surface area contributed by atoms with Crippen LogP contribution in [-0.2, 0) is 14.3 Å². The van der Waals surface area contributed by atoms with Crippen LogP contribution in [0.15, 0.2) is 28.9 Å². The van der Waals surface area contributed by atoms with Gasteiger partial charge in [0.25, 0.3) is 0 Å². The van der Waals surface area contributed by atoms with E-state index in [4.69, 9.17) is 13.9 Å². The first-order chi connectivity index (χ1) is 13.1. The molecule has 150 valence electrons. The van der Waals surface area contributed by atoms with Crippen molar-refractivity contribution < 1.29 is 28.3 Å². The van der Waals surface area contributed by atoms with Gasteiger partial charge in [-0.15, -0.1) is 11.3 Å². The van der Waals surface area contributed by atoms with Gasteiger partial charge in [-0.25, -0.2) is 9.59 Å². The third-order valence-corrected chi connectivity index (χ3v) is 4.58. The predicted molar refractivity (Wildman–Crippen MR) is 107 cm³/mol. The van der Waals surface area contributed by atoms with Crippen LogP contribution in [0.5, 0.6) is 0 Å². The lowest BCUT2D eigenvalue weighted by Crippen LogP contribution is -2.23. The van der Waals surface area contributed by atoms with E-state index in [-0.39, 0.29) is 22.0 Å². The average Bonchev–Trinajstić information content (AvgIpc) is 3.19. The molecule has 2 rings (SSSR count). The SMILES string of the molecule is CCOC(=O)c1c(NC(=O)C=Cc2ccco2)sc(C(=O)OC(C)(C)C)c1C. The Bertz CT molecular complexity index is 887. The van der Waals surface area contributed by atoms with E-state index in [0.29, 0.717) is 11.3 Å². The van der Waals surface area contributed by atoms with Crippen LogP contribution in [0.3, 0.4) is 0 Å². The highest BCUT2D eigenvalue weighted by Crippen LogP contribution is 2.35. The largest absolute Gasteiger partial charge is 0.465 e. The minimum Gasteiger partial charge on any atom is -0.465 e. The van der Waals surface area contributed by atoms with Crippen LogP contribution in [-0.4, -0.2) is 30.1 Å². The summed E-state index contributed by atoms with van der Waals surface area (Å²) in [5.41, 5.74) is -0.136. The lowest BCUT2D eigenvalue weighted by atomic mass is 10.1. The van der Waals surface area contributed by atoms with Crippen molar-refractivity contribution in [3.63, 3.8) is 0 Å². The number of thiophene rings is 1. The summed E-state index contributed by atoms with van der Waals surface area (Å²) in [6, 6.07) is 3.40. The summed E-state index contributed by atoms with van der Waals surface area (Å²) in [6.07, 6.45) is 4.26. The number of amides is 1. The fourth-order valence-electron chi connectivity index (χ4n) is 2.27. The molecule has 2 heterocycles. The molecule has 0 spiro atoms. The number of furan rings is 1. The van der Waals surface area contributed by atoms with Crippen molar-refractivity contribution in [3.8, 4) is 0 Å². The van der Waals surface area contributed by atoms with E-state index in [9.17, 15) is 14.4 Å². The molecule has 28 heavy (non-hydrogen) atoms.